The van der Waals surface area contributed by atoms with Crippen LogP contribution in [-0.4, -0.2) is 39.7 Å². The fourth-order valence-corrected chi connectivity index (χ4v) is 3.07. The maximum Gasteiger partial charge on any atom is 0.185 e. The van der Waals surface area contributed by atoms with Crippen molar-refractivity contribution >= 4 is 40.5 Å². The Hall–Kier alpha value is -0.0700. The van der Waals surface area contributed by atoms with Crippen LogP contribution in [0.1, 0.15) is 16.6 Å². The summed E-state index contributed by atoms with van der Waals surface area (Å²) in [7, 11) is 0. The predicted octanol–water partition coefficient (Wildman–Crippen LogP) is 2.06. The fourth-order valence-electron chi connectivity index (χ4n) is 1.03. The molecule has 0 aromatic carbocycles. The van der Waals surface area contributed by atoms with Gasteiger partial charge in [-0.25, -0.2) is 0 Å². The molecule has 90 valence electrons. The Morgan fingerprint density at radius 1 is 1.62 bits per heavy atom. The molecular formula is C10H13ClO3S2. The molecule has 0 aliphatic rings. The zero-order valence-corrected chi connectivity index (χ0v) is 11.1. The van der Waals surface area contributed by atoms with E-state index in [2.05, 4.69) is 0 Å². The molecule has 0 saturated carbocycles. The van der Waals surface area contributed by atoms with Crippen molar-refractivity contribution in [2.45, 2.75) is 18.3 Å². The molecule has 0 bridgehead atoms. The number of aliphatic hydroxyl groups is 2. The second-order valence-corrected chi connectivity index (χ2v) is 6.37. The van der Waals surface area contributed by atoms with E-state index in [4.69, 9.17) is 21.8 Å². The first-order chi connectivity index (χ1) is 7.54. The van der Waals surface area contributed by atoms with E-state index in [1.54, 1.807) is 19.1 Å². The van der Waals surface area contributed by atoms with Gasteiger partial charge in [-0.15, -0.1) is 23.1 Å². The van der Waals surface area contributed by atoms with Gasteiger partial charge in [-0.3, -0.25) is 4.79 Å². The minimum Gasteiger partial charge on any atom is -0.394 e. The van der Waals surface area contributed by atoms with Crippen molar-refractivity contribution in [3.8, 4) is 0 Å². The summed E-state index contributed by atoms with van der Waals surface area (Å²) in [6, 6.07) is 3.40. The Kier molecular flexibility index (Phi) is 5.78. The average Bonchev–Trinajstić information content (AvgIpc) is 2.71. The van der Waals surface area contributed by atoms with Gasteiger partial charge in [0.1, 0.15) is 0 Å². The van der Waals surface area contributed by atoms with Gasteiger partial charge in [0, 0.05) is 5.75 Å². The van der Waals surface area contributed by atoms with Crippen molar-refractivity contribution in [1.82, 2.24) is 0 Å². The van der Waals surface area contributed by atoms with Gasteiger partial charge in [0.2, 0.25) is 0 Å². The van der Waals surface area contributed by atoms with Crippen molar-refractivity contribution in [3.05, 3.63) is 21.3 Å². The van der Waals surface area contributed by atoms with E-state index in [-0.39, 0.29) is 17.6 Å². The highest BCUT2D eigenvalue weighted by atomic mass is 35.5. The van der Waals surface area contributed by atoms with Crippen molar-refractivity contribution in [1.29, 1.82) is 0 Å². The van der Waals surface area contributed by atoms with Crippen LogP contribution in [0.5, 0.6) is 0 Å². The summed E-state index contributed by atoms with van der Waals surface area (Å²) in [5.41, 5.74) is 0. The van der Waals surface area contributed by atoms with Gasteiger partial charge in [-0.2, -0.15) is 0 Å². The number of hydrogen-bond donors (Lipinski definition) is 2. The number of hydrogen-bond acceptors (Lipinski definition) is 5. The van der Waals surface area contributed by atoms with Crippen LogP contribution >= 0.6 is 34.7 Å². The predicted molar refractivity (Wildman–Crippen MR) is 68.7 cm³/mol. The van der Waals surface area contributed by atoms with Crippen molar-refractivity contribution in [3.63, 3.8) is 0 Å². The molecule has 0 fully saturated rings. The number of Topliss-reactive ketones (excluding diaryl/α,β-unsaturated/α-hetero) is 1. The number of carbonyl (C=O) groups is 1. The Morgan fingerprint density at radius 2 is 2.31 bits per heavy atom. The van der Waals surface area contributed by atoms with Crippen LogP contribution in [0.2, 0.25) is 4.34 Å². The zero-order valence-electron chi connectivity index (χ0n) is 8.72. The molecule has 0 aliphatic heterocycles. The van der Waals surface area contributed by atoms with Crippen LogP contribution in [-0.2, 0) is 0 Å². The molecule has 1 aromatic heterocycles. The maximum atomic E-state index is 11.8. The molecule has 1 aromatic rings. The Bertz CT molecular complexity index is 354. The molecule has 2 atom stereocenters. The Labute approximate surface area is 107 Å². The lowest BCUT2D eigenvalue weighted by atomic mass is 10.2. The maximum absolute atomic E-state index is 11.8. The van der Waals surface area contributed by atoms with Gasteiger partial charge in [-0.05, 0) is 19.1 Å². The third-order valence-corrected chi connectivity index (χ3v) is 4.47. The normalized spacial score (nSPS) is 14.8. The highest BCUT2D eigenvalue weighted by Crippen LogP contribution is 2.25. The molecular weight excluding hydrogens is 268 g/mol. The summed E-state index contributed by atoms with van der Waals surface area (Å²) in [5, 5.41) is 17.6. The smallest absolute Gasteiger partial charge is 0.185 e. The number of ketones is 1. The monoisotopic (exact) mass is 280 g/mol. The summed E-state index contributed by atoms with van der Waals surface area (Å²) in [6.45, 7) is 1.50. The van der Waals surface area contributed by atoms with E-state index < -0.39 is 6.10 Å². The van der Waals surface area contributed by atoms with E-state index in [9.17, 15) is 4.79 Å². The largest absolute Gasteiger partial charge is 0.394 e. The van der Waals surface area contributed by atoms with Crippen LogP contribution < -0.4 is 0 Å². The molecule has 16 heavy (non-hydrogen) atoms. The van der Waals surface area contributed by atoms with Crippen molar-refractivity contribution in [2.24, 2.45) is 0 Å². The average molecular weight is 281 g/mol. The van der Waals surface area contributed by atoms with Gasteiger partial charge >= 0.3 is 0 Å². The van der Waals surface area contributed by atoms with Crippen LogP contribution in [0.15, 0.2) is 12.1 Å². The summed E-state index contributed by atoms with van der Waals surface area (Å²) in [4.78, 5) is 12.5. The lowest BCUT2D eigenvalue weighted by Gasteiger charge is -2.11. The molecule has 0 radical (unpaired) electrons. The third-order valence-electron chi connectivity index (χ3n) is 1.93. The summed E-state index contributed by atoms with van der Waals surface area (Å²) >= 11 is 8.33. The summed E-state index contributed by atoms with van der Waals surface area (Å²) in [5.74, 6) is 0.356. The van der Waals surface area contributed by atoms with Crippen LogP contribution in [0.4, 0.5) is 0 Å². The topological polar surface area (TPSA) is 57.5 Å². The van der Waals surface area contributed by atoms with Gasteiger partial charge in [0.25, 0.3) is 0 Å². The molecule has 0 aliphatic carbocycles. The second-order valence-electron chi connectivity index (χ2n) is 3.28. The van der Waals surface area contributed by atoms with Crippen LogP contribution in [0.25, 0.3) is 0 Å². The molecule has 2 unspecified atom stereocenters. The first-order valence-electron chi connectivity index (χ1n) is 4.74. The van der Waals surface area contributed by atoms with Gasteiger partial charge in [-0.1, -0.05) is 11.6 Å². The van der Waals surface area contributed by atoms with Crippen molar-refractivity contribution < 1.29 is 15.0 Å². The zero-order chi connectivity index (χ0) is 12.1. The van der Waals surface area contributed by atoms with Crippen molar-refractivity contribution in [2.75, 3.05) is 12.4 Å². The molecule has 0 spiro atoms. The van der Waals surface area contributed by atoms with E-state index in [0.29, 0.717) is 15.0 Å². The number of carbonyl (C=O) groups excluding carboxylic acids is 1. The third kappa shape index (κ3) is 4.07. The van der Waals surface area contributed by atoms with Gasteiger partial charge in [0.15, 0.2) is 5.78 Å². The minimum atomic E-state index is -0.771. The van der Waals surface area contributed by atoms with E-state index in [1.807, 2.05) is 0 Å². The lowest BCUT2D eigenvalue weighted by Crippen LogP contribution is -2.20. The van der Waals surface area contributed by atoms with Crippen LogP contribution in [0.3, 0.4) is 0 Å². The number of halogens is 1. The molecule has 1 heterocycles. The first kappa shape index (κ1) is 14.0. The highest BCUT2D eigenvalue weighted by molar-refractivity contribution is 8.00. The quantitative estimate of drug-likeness (QED) is 0.783. The highest BCUT2D eigenvalue weighted by Gasteiger charge is 2.18. The summed E-state index contributed by atoms with van der Waals surface area (Å²) in [6.07, 6.45) is -0.771. The molecule has 0 amide bonds. The molecule has 1 rings (SSSR count). The first-order valence-corrected chi connectivity index (χ1v) is 6.99. The Balaban J connectivity index is 2.48. The number of thioether (sulfide) groups is 1. The SMILES string of the molecule is CC(SCC(O)CO)C(=O)c1ccc(Cl)s1. The Morgan fingerprint density at radius 3 is 2.81 bits per heavy atom. The summed E-state index contributed by atoms with van der Waals surface area (Å²) < 4.78 is 0.593. The van der Waals surface area contributed by atoms with Gasteiger partial charge in [0.05, 0.1) is 27.2 Å². The molecule has 0 saturated heterocycles. The van der Waals surface area contributed by atoms with E-state index in [0.717, 1.165) is 0 Å². The van der Waals surface area contributed by atoms with Gasteiger partial charge < -0.3 is 10.2 Å². The number of aliphatic hydroxyl groups excluding tert-OH is 2. The lowest BCUT2D eigenvalue weighted by molar-refractivity contribution is 0.0995. The molecule has 6 heteroatoms. The molecule has 2 N–H and O–H groups in total. The minimum absolute atomic E-state index is 0.00652. The fraction of sp³-hybridized carbons (Fsp3) is 0.500. The molecule has 3 nitrogen and oxygen atoms in total. The number of rotatable bonds is 6. The standard InChI is InChI=1S/C10H13ClO3S2/c1-6(15-5-7(13)4-12)10(14)8-2-3-9(11)16-8/h2-3,6-7,12-13H,4-5H2,1H3. The van der Waals surface area contributed by atoms with E-state index in [1.165, 1.54) is 23.1 Å². The van der Waals surface area contributed by atoms with Crippen LogP contribution in [0, 0.1) is 0 Å². The van der Waals surface area contributed by atoms with E-state index >= 15 is 0 Å². The second kappa shape index (κ2) is 6.61. The number of thiophene rings is 1.